The normalized spacial score (nSPS) is 12.4. The number of hydrogen-bond acceptors (Lipinski definition) is 3. The van der Waals surface area contributed by atoms with Gasteiger partial charge < -0.3 is 0 Å². The largest absolute Gasteiger partial charge is 0.271 e. The molecule has 0 aliphatic rings. The van der Waals surface area contributed by atoms with E-state index in [9.17, 15) is 0 Å². The minimum Gasteiger partial charge on any atom is -0.271 e. The Labute approximate surface area is 102 Å². The molecular formula is C13H20N2S. The second kappa shape index (κ2) is 6.74. The maximum atomic E-state index is 5.55. The van der Waals surface area contributed by atoms with E-state index in [1.165, 1.54) is 10.5 Å². The molecule has 88 valence electrons. The van der Waals surface area contributed by atoms with Crippen molar-refractivity contribution in [3.8, 4) is 0 Å². The maximum absolute atomic E-state index is 5.55. The lowest BCUT2D eigenvalue weighted by atomic mass is 10.0. The fourth-order valence-electron chi connectivity index (χ4n) is 1.58. The monoisotopic (exact) mass is 236 g/mol. The number of rotatable bonds is 6. The third kappa shape index (κ3) is 4.00. The van der Waals surface area contributed by atoms with Crippen LogP contribution in [0.1, 0.15) is 31.9 Å². The predicted molar refractivity (Wildman–Crippen MR) is 72.3 cm³/mol. The van der Waals surface area contributed by atoms with Crippen molar-refractivity contribution in [3.63, 3.8) is 0 Å². The predicted octanol–water partition coefficient (Wildman–Crippen LogP) is 3.27. The van der Waals surface area contributed by atoms with Gasteiger partial charge in [0.05, 0.1) is 0 Å². The number of nitrogens with one attached hydrogen (secondary N) is 1. The molecule has 1 unspecified atom stereocenters. The molecule has 1 aromatic carbocycles. The van der Waals surface area contributed by atoms with E-state index in [2.05, 4.69) is 43.2 Å². The van der Waals surface area contributed by atoms with E-state index < -0.39 is 0 Å². The summed E-state index contributed by atoms with van der Waals surface area (Å²) in [5, 5.41) is 0. The number of hydrazine groups is 1. The summed E-state index contributed by atoms with van der Waals surface area (Å²) in [6.07, 6.45) is 0.872. The van der Waals surface area contributed by atoms with Crippen LogP contribution in [0.4, 0.5) is 0 Å². The van der Waals surface area contributed by atoms with Gasteiger partial charge >= 0.3 is 0 Å². The first-order valence-corrected chi connectivity index (χ1v) is 6.49. The van der Waals surface area contributed by atoms with Gasteiger partial charge in [0.15, 0.2) is 0 Å². The van der Waals surface area contributed by atoms with E-state index in [4.69, 9.17) is 5.84 Å². The van der Waals surface area contributed by atoms with E-state index in [1.54, 1.807) is 0 Å². The number of hydrogen-bond donors (Lipinski definition) is 2. The molecule has 0 radical (unpaired) electrons. The summed E-state index contributed by atoms with van der Waals surface area (Å²) in [6, 6.07) is 8.72. The lowest BCUT2D eigenvalue weighted by Gasteiger charge is -2.16. The van der Waals surface area contributed by atoms with Crippen LogP contribution in [0.5, 0.6) is 0 Å². The van der Waals surface area contributed by atoms with Gasteiger partial charge in [0.1, 0.15) is 0 Å². The molecule has 0 fully saturated rings. The van der Waals surface area contributed by atoms with Gasteiger partial charge in [-0.15, -0.1) is 18.3 Å². The SMILES string of the molecule is C=C(C)CC(NN)c1ccc(SCC)cc1. The Morgan fingerprint density at radius 3 is 2.50 bits per heavy atom. The quantitative estimate of drug-likeness (QED) is 0.344. The zero-order chi connectivity index (χ0) is 12.0. The van der Waals surface area contributed by atoms with Crippen LogP contribution in [0.15, 0.2) is 41.3 Å². The molecule has 0 aliphatic carbocycles. The van der Waals surface area contributed by atoms with E-state index in [0.29, 0.717) is 0 Å². The van der Waals surface area contributed by atoms with Crippen LogP contribution < -0.4 is 11.3 Å². The molecule has 3 heteroatoms. The molecule has 0 spiro atoms. The number of thioether (sulfide) groups is 1. The molecule has 0 saturated heterocycles. The minimum absolute atomic E-state index is 0.165. The fraction of sp³-hybridized carbons (Fsp3) is 0.385. The first-order valence-electron chi connectivity index (χ1n) is 5.50. The van der Waals surface area contributed by atoms with Crippen molar-refractivity contribution in [3.05, 3.63) is 42.0 Å². The van der Waals surface area contributed by atoms with Crippen molar-refractivity contribution < 1.29 is 0 Å². The Morgan fingerprint density at radius 1 is 1.44 bits per heavy atom. The van der Waals surface area contributed by atoms with Crippen molar-refractivity contribution in [1.29, 1.82) is 0 Å². The van der Waals surface area contributed by atoms with Crippen LogP contribution in [-0.4, -0.2) is 5.75 Å². The summed E-state index contributed by atoms with van der Waals surface area (Å²) < 4.78 is 0. The lowest BCUT2D eigenvalue weighted by molar-refractivity contribution is 0.550. The van der Waals surface area contributed by atoms with Gasteiger partial charge in [0.25, 0.3) is 0 Å². The molecule has 16 heavy (non-hydrogen) atoms. The molecule has 0 heterocycles. The molecule has 0 amide bonds. The Morgan fingerprint density at radius 2 is 2.06 bits per heavy atom. The van der Waals surface area contributed by atoms with Gasteiger partial charge in [-0.2, -0.15) is 0 Å². The van der Waals surface area contributed by atoms with Crippen LogP contribution in [0.2, 0.25) is 0 Å². The zero-order valence-corrected chi connectivity index (χ0v) is 10.8. The average Bonchev–Trinajstić information content (AvgIpc) is 2.27. The Balaban J connectivity index is 2.73. The van der Waals surface area contributed by atoms with Gasteiger partial charge in [-0.25, -0.2) is 0 Å². The third-order valence-corrected chi connectivity index (χ3v) is 3.24. The zero-order valence-electron chi connectivity index (χ0n) is 9.99. The minimum atomic E-state index is 0.165. The van der Waals surface area contributed by atoms with Crippen LogP contribution in [0, 0.1) is 0 Å². The highest BCUT2D eigenvalue weighted by atomic mass is 32.2. The first-order chi connectivity index (χ1) is 7.67. The van der Waals surface area contributed by atoms with Crippen molar-refractivity contribution in [2.75, 3.05) is 5.75 Å². The average molecular weight is 236 g/mol. The summed E-state index contributed by atoms with van der Waals surface area (Å²) in [4.78, 5) is 1.30. The molecule has 1 aromatic rings. The summed E-state index contributed by atoms with van der Waals surface area (Å²) in [6.45, 7) is 8.09. The molecular weight excluding hydrogens is 216 g/mol. The molecule has 0 bridgehead atoms. The first kappa shape index (κ1) is 13.3. The van der Waals surface area contributed by atoms with E-state index >= 15 is 0 Å². The van der Waals surface area contributed by atoms with Crippen molar-refractivity contribution in [2.24, 2.45) is 5.84 Å². The van der Waals surface area contributed by atoms with E-state index in [-0.39, 0.29) is 6.04 Å². The van der Waals surface area contributed by atoms with E-state index in [1.807, 2.05) is 18.7 Å². The Bertz CT molecular complexity index is 332. The van der Waals surface area contributed by atoms with Crippen LogP contribution in [0.25, 0.3) is 0 Å². The number of benzene rings is 1. The highest BCUT2D eigenvalue weighted by molar-refractivity contribution is 7.99. The smallest absolute Gasteiger partial charge is 0.0496 e. The number of nitrogens with two attached hydrogens (primary N) is 1. The van der Waals surface area contributed by atoms with Gasteiger partial charge in [-0.05, 0) is 36.8 Å². The van der Waals surface area contributed by atoms with Crippen molar-refractivity contribution in [1.82, 2.24) is 5.43 Å². The molecule has 3 N–H and O–H groups in total. The summed E-state index contributed by atoms with van der Waals surface area (Å²) in [5.74, 6) is 6.65. The van der Waals surface area contributed by atoms with E-state index in [0.717, 1.165) is 17.7 Å². The maximum Gasteiger partial charge on any atom is 0.0496 e. The third-order valence-electron chi connectivity index (χ3n) is 2.35. The van der Waals surface area contributed by atoms with Gasteiger partial charge in [-0.1, -0.05) is 24.6 Å². The van der Waals surface area contributed by atoms with Crippen LogP contribution >= 0.6 is 11.8 Å². The molecule has 1 rings (SSSR count). The summed E-state index contributed by atoms with van der Waals surface area (Å²) in [5.41, 5.74) is 5.18. The summed E-state index contributed by atoms with van der Waals surface area (Å²) >= 11 is 1.85. The highest BCUT2D eigenvalue weighted by Crippen LogP contribution is 2.23. The second-order valence-electron chi connectivity index (χ2n) is 3.88. The van der Waals surface area contributed by atoms with Crippen molar-refractivity contribution >= 4 is 11.8 Å². The highest BCUT2D eigenvalue weighted by Gasteiger charge is 2.09. The van der Waals surface area contributed by atoms with Crippen LogP contribution in [-0.2, 0) is 0 Å². The van der Waals surface area contributed by atoms with Gasteiger partial charge in [-0.3, -0.25) is 11.3 Å². The molecule has 2 nitrogen and oxygen atoms in total. The molecule has 0 aromatic heterocycles. The Kier molecular flexibility index (Phi) is 5.60. The van der Waals surface area contributed by atoms with Crippen molar-refractivity contribution in [2.45, 2.75) is 31.2 Å². The second-order valence-corrected chi connectivity index (χ2v) is 5.22. The van der Waals surface area contributed by atoms with Gasteiger partial charge in [0, 0.05) is 10.9 Å². The molecule has 1 atom stereocenters. The standard InChI is InChI=1S/C13H20N2S/c1-4-16-12-7-5-11(6-8-12)13(15-14)9-10(2)3/h5-8,13,15H,2,4,9,14H2,1,3H3. The fourth-order valence-corrected chi connectivity index (χ4v) is 2.25. The van der Waals surface area contributed by atoms with Crippen LogP contribution in [0.3, 0.4) is 0 Å². The summed E-state index contributed by atoms with van der Waals surface area (Å²) in [7, 11) is 0. The molecule has 0 saturated carbocycles. The molecule has 0 aliphatic heterocycles. The Hall–Kier alpha value is -0.770. The topological polar surface area (TPSA) is 38.0 Å². The lowest BCUT2D eigenvalue weighted by Crippen LogP contribution is -2.28. The van der Waals surface area contributed by atoms with Gasteiger partial charge in [0.2, 0.25) is 0 Å².